The molecule has 4 rings (SSSR count). The smallest absolute Gasteiger partial charge is 0.405 e. The third kappa shape index (κ3) is 9.35. The van der Waals surface area contributed by atoms with Crippen molar-refractivity contribution in [3.05, 3.63) is 64.9 Å². The Hall–Kier alpha value is -3.95. The molecule has 0 unspecified atom stereocenters. The van der Waals surface area contributed by atoms with Gasteiger partial charge in [0.1, 0.15) is 17.4 Å². The SMILES string of the molecule is COCCn1cc(C(=O)N2CCC(c3cc(CNC(=O)CNC(=O)[C@@H](N)C(C)C)ccc3F)CC2)c2c(OC(F)(F)F)ccc(F)c21.Cl. The molecule has 0 radical (unpaired) electrons. The van der Waals surface area contributed by atoms with Gasteiger partial charge >= 0.3 is 6.36 Å². The highest BCUT2D eigenvalue weighted by Gasteiger charge is 2.35. The second kappa shape index (κ2) is 16.4. The maximum atomic E-state index is 14.9. The van der Waals surface area contributed by atoms with E-state index < -0.39 is 47.5 Å². The van der Waals surface area contributed by atoms with Crippen LogP contribution in [0.4, 0.5) is 22.0 Å². The largest absolute Gasteiger partial charge is 0.573 e. The maximum Gasteiger partial charge on any atom is 0.573 e. The maximum absolute atomic E-state index is 14.9. The first-order valence-corrected chi connectivity index (χ1v) is 15.1. The fraction of sp³-hybridized carbons (Fsp3) is 0.469. The van der Waals surface area contributed by atoms with Gasteiger partial charge in [0.25, 0.3) is 5.91 Å². The van der Waals surface area contributed by atoms with E-state index in [0.29, 0.717) is 24.0 Å². The van der Waals surface area contributed by atoms with Gasteiger partial charge in [-0.1, -0.05) is 26.0 Å². The number of carbonyl (C=O) groups excluding carboxylic acids is 3. The number of amides is 3. The number of hydrogen-bond acceptors (Lipinski definition) is 6. The minimum atomic E-state index is -5.07. The quantitative estimate of drug-likeness (QED) is 0.236. The molecule has 16 heteroatoms. The fourth-order valence-corrected chi connectivity index (χ4v) is 5.54. The van der Waals surface area contributed by atoms with Gasteiger partial charge < -0.3 is 35.3 Å². The Balaban J connectivity index is 0.00000625. The average Bonchev–Trinajstić information content (AvgIpc) is 3.43. The van der Waals surface area contributed by atoms with Crippen molar-refractivity contribution in [3.63, 3.8) is 0 Å². The summed E-state index contributed by atoms with van der Waals surface area (Å²) in [7, 11) is 1.41. The molecule has 10 nitrogen and oxygen atoms in total. The zero-order valence-electron chi connectivity index (χ0n) is 26.7. The normalized spacial score (nSPS) is 14.5. The summed E-state index contributed by atoms with van der Waals surface area (Å²) in [4.78, 5) is 39.4. The molecule has 264 valence electrons. The number of nitrogens with zero attached hydrogens (tertiary/aromatic N) is 2. The summed E-state index contributed by atoms with van der Waals surface area (Å²) >= 11 is 0. The van der Waals surface area contributed by atoms with Crippen molar-refractivity contribution < 1.29 is 45.8 Å². The lowest BCUT2D eigenvalue weighted by Crippen LogP contribution is -2.47. The number of methoxy groups -OCH3 is 1. The highest BCUT2D eigenvalue weighted by molar-refractivity contribution is 6.09. The lowest BCUT2D eigenvalue weighted by Gasteiger charge is -2.32. The predicted molar refractivity (Wildman–Crippen MR) is 170 cm³/mol. The standard InChI is InChI=1S/C32H38F5N5O5.ClH/c1-18(2)28(38)30(44)40-16-26(43)39-15-19-4-5-23(33)21(14-19)20-8-10-41(11-9-20)31(45)22-17-42(12-13-46-3)29-24(34)6-7-25(27(22)29)47-32(35,36)37;/h4-7,14,17-18,20,28H,8-13,15-16,38H2,1-3H3,(H,39,43)(H,40,44);1H/t28-;/m0./s1. The van der Waals surface area contributed by atoms with E-state index in [1.807, 2.05) is 0 Å². The number of aromatic nitrogens is 1. The summed E-state index contributed by atoms with van der Waals surface area (Å²) in [6.07, 6.45) is -3.07. The fourth-order valence-electron chi connectivity index (χ4n) is 5.54. The Bertz CT molecular complexity index is 1610. The molecule has 2 aromatic carbocycles. The number of fused-ring (bicyclic) bond motifs is 1. The van der Waals surface area contributed by atoms with E-state index in [2.05, 4.69) is 15.4 Å². The zero-order valence-corrected chi connectivity index (χ0v) is 27.5. The molecule has 48 heavy (non-hydrogen) atoms. The number of likely N-dealkylation sites (tertiary alicyclic amines) is 1. The number of carbonyl (C=O) groups is 3. The molecule has 4 N–H and O–H groups in total. The van der Waals surface area contributed by atoms with Crippen LogP contribution in [0, 0.1) is 17.6 Å². The Kier molecular flexibility index (Phi) is 13.2. The number of piperidine rings is 1. The second-order valence-electron chi connectivity index (χ2n) is 11.7. The van der Waals surface area contributed by atoms with Gasteiger partial charge in [-0.25, -0.2) is 8.78 Å². The summed E-state index contributed by atoms with van der Waals surface area (Å²) in [5.41, 5.74) is 6.44. The van der Waals surface area contributed by atoms with Crippen molar-refractivity contribution in [1.82, 2.24) is 20.1 Å². The van der Waals surface area contributed by atoms with Crippen LogP contribution in [-0.2, 0) is 27.4 Å². The molecule has 1 aromatic heterocycles. The first kappa shape index (κ1) is 38.5. The number of alkyl halides is 3. The number of halogens is 6. The lowest BCUT2D eigenvalue weighted by atomic mass is 9.88. The van der Waals surface area contributed by atoms with Gasteiger partial charge in [0, 0.05) is 39.5 Å². The van der Waals surface area contributed by atoms with E-state index in [0.717, 1.165) is 12.1 Å². The molecule has 1 aliphatic rings. The van der Waals surface area contributed by atoms with Gasteiger partial charge in [-0.15, -0.1) is 25.6 Å². The van der Waals surface area contributed by atoms with Crippen molar-refractivity contribution in [1.29, 1.82) is 0 Å². The molecule has 1 saturated heterocycles. The Morgan fingerprint density at radius 3 is 2.33 bits per heavy atom. The van der Waals surface area contributed by atoms with E-state index in [9.17, 15) is 36.3 Å². The van der Waals surface area contributed by atoms with E-state index in [-0.39, 0.29) is 80.0 Å². The van der Waals surface area contributed by atoms with Gasteiger partial charge in [0.2, 0.25) is 11.8 Å². The molecule has 3 aromatic rings. The average molecular weight is 704 g/mol. The number of hydrogen-bond donors (Lipinski definition) is 3. The second-order valence-corrected chi connectivity index (χ2v) is 11.7. The van der Waals surface area contributed by atoms with Crippen molar-refractivity contribution in [3.8, 4) is 5.75 Å². The highest BCUT2D eigenvalue weighted by atomic mass is 35.5. The third-order valence-corrected chi connectivity index (χ3v) is 8.14. The van der Waals surface area contributed by atoms with Gasteiger partial charge in [-0.3, -0.25) is 14.4 Å². The topological polar surface area (TPSA) is 128 Å². The van der Waals surface area contributed by atoms with Crippen molar-refractivity contribution in [2.75, 3.05) is 33.4 Å². The van der Waals surface area contributed by atoms with Crippen molar-refractivity contribution >= 4 is 41.0 Å². The van der Waals surface area contributed by atoms with Crippen LogP contribution in [0.2, 0.25) is 0 Å². The summed E-state index contributed by atoms with van der Waals surface area (Å²) < 4.78 is 80.1. The lowest BCUT2D eigenvalue weighted by molar-refractivity contribution is -0.274. The molecule has 2 heterocycles. The first-order chi connectivity index (χ1) is 22.2. The molecule has 3 amide bonds. The number of benzene rings is 2. The van der Waals surface area contributed by atoms with Crippen LogP contribution in [0.25, 0.3) is 10.9 Å². The molecule has 0 bridgehead atoms. The molecule has 0 aliphatic carbocycles. The van der Waals surface area contributed by atoms with Gasteiger partial charge in [0.05, 0.1) is 35.7 Å². The number of ether oxygens (including phenoxy) is 2. The Morgan fingerprint density at radius 2 is 1.71 bits per heavy atom. The molecule has 1 atom stereocenters. The van der Waals surface area contributed by atoms with Crippen LogP contribution in [0.5, 0.6) is 5.75 Å². The monoisotopic (exact) mass is 703 g/mol. The number of rotatable bonds is 12. The van der Waals surface area contributed by atoms with Crippen LogP contribution in [0.1, 0.15) is 54.1 Å². The van der Waals surface area contributed by atoms with Crippen LogP contribution in [0.3, 0.4) is 0 Å². The number of nitrogens with one attached hydrogen (secondary N) is 2. The molecular formula is C32H39ClF5N5O5. The summed E-state index contributed by atoms with van der Waals surface area (Å²) in [5.74, 6) is -3.85. The Labute approximate surface area is 280 Å². The molecule has 1 aliphatic heterocycles. The predicted octanol–water partition coefficient (Wildman–Crippen LogP) is 4.62. The third-order valence-electron chi connectivity index (χ3n) is 8.14. The van der Waals surface area contributed by atoms with Crippen molar-refractivity contribution in [2.24, 2.45) is 11.7 Å². The van der Waals surface area contributed by atoms with E-state index >= 15 is 0 Å². The summed E-state index contributed by atoms with van der Waals surface area (Å²) in [5, 5.41) is 4.86. The van der Waals surface area contributed by atoms with Gasteiger partial charge in [-0.2, -0.15) is 0 Å². The number of nitrogens with two attached hydrogens (primary N) is 1. The molecule has 0 saturated carbocycles. The van der Waals surface area contributed by atoms with Crippen LogP contribution in [-0.4, -0.2) is 72.9 Å². The first-order valence-electron chi connectivity index (χ1n) is 15.1. The van der Waals surface area contributed by atoms with Crippen LogP contribution >= 0.6 is 12.4 Å². The van der Waals surface area contributed by atoms with E-state index in [1.165, 1.54) is 34.9 Å². The van der Waals surface area contributed by atoms with E-state index in [4.69, 9.17) is 10.5 Å². The Morgan fingerprint density at radius 1 is 1.04 bits per heavy atom. The van der Waals surface area contributed by atoms with Gasteiger partial charge in [-0.05, 0) is 54.0 Å². The molecular weight excluding hydrogens is 665 g/mol. The van der Waals surface area contributed by atoms with Crippen LogP contribution in [0.15, 0.2) is 36.5 Å². The van der Waals surface area contributed by atoms with Crippen LogP contribution < -0.4 is 21.1 Å². The summed E-state index contributed by atoms with van der Waals surface area (Å²) in [6, 6.07) is 5.41. The van der Waals surface area contributed by atoms with E-state index in [1.54, 1.807) is 19.9 Å². The minimum absolute atomic E-state index is 0. The summed E-state index contributed by atoms with van der Waals surface area (Å²) in [6.45, 7) is 3.92. The van der Waals surface area contributed by atoms with Gasteiger partial charge in [0.15, 0.2) is 0 Å². The molecule has 1 fully saturated rings. The highest BCUT2D eigenvalue weighted by Crippen LogP contribution is 2.38. The minimum Gasteiger partial charge on any atom is -0.405 e. The molecule has 0 spiro atoms. The van der Waals surface area contributed by atoms with Crippen molar-refractivity contribution in [2.45, 2.75) is 58.1 Å². The zero-order chi connectivity index (χ0) is 34.5.